The monoisotopic (exact) mass is 269 g/mol. The number of nitrogen functional groups attached to an aromatic ring is 1. The highest BCUT2D eigenvalue weighted by Gasteiger charge is 2.17. The van der Waals surface area contributed by atoms with Gasteiger partial charge < -0.3 is 4.74 Å². The Bertz CT molecular complexity index is 384. The minimum absolute atomic E-state index is 0.332. The first-order valence-corrected chi connectivity index (χ1v) is 7.22. The predicted octanol–water partition coefficient (Wildman–Crippen LogP) is 1.98. The van der Waals surface area contributed by atoms with E-state index in [9.17, 15) is 0 Å². The minimum Gasteiger partial charge on any atom is -0.464 e. The molecule has 1 aromatic rings. The summed E-state index contributed by atoms with van der Waals surface area (Å²) in [6, 6.07) is 0.332. The van der Waals surface area contributed by atoms with Crippen LogP contribution < -0.4 is 16.0 Å². The fourth-order valence-corrected chi connectivity index (χ4v) is 3.12. The lowest BCUT2D eigenvalue weighted by Gasteiger charge is -2.20. The molecule has 3 N–H and O–H groups in total. The van der Waals surface area contributed by atoms with Crippen molar-refractivity contribution in [1.29, 1.82) is 0 Å². The van der Waals surface area contributed by atoms with Crippen LogP contribution in [0.2, 0.25) is 0 Å². The Morgan fingerprint density at radius 1 is 1.28 bits per heavy atom. The second-order valence-corrected chi connectivity index (χ2v) is 5.45. The third-order valence-corrected chi connectivity index (χ3v) is 4.02. The molecule has 0 bridgehead atoms. The molecular formula is C11H19N5OS. The number of anilines is 1. The maximum absolute atomic E-state index is 5.35. The van der Waals surface area contributed by atoms with Crippen molar-refractivity contribution in [1.82, 2.24) is 15.0 Å². The molecule has 1 aliphatic carbocycles. The molecule has 0 unspecified atom stereocenters. The van der Waals surface area contributed by atoms with Crippen LogP contribution in [0.1, 0.15) is 39.0 Å². The van der Waals surface area contributed by atoms with Crippen LogP contribution in [0.25, 0.3) is 0 Å². The Hall–Kier alpha value is -1.08. The highest BCUT2D eigenvalue weighted by molar-refractivity contribution is 7.99. The summed E-state index contributed by atoms with van der Waals surface area (Å²) < 4.78 is 5.31. The molecule has 6 nitrogen and oxygen atoms in total. The Morgan fingerprint density at radius 2 is 2.06 bits per heavy atom. The summed E-state index contributed by atoms with van der Waals surface area (Å²) in [7, 11) is 0. The number of hydrogen-bond acceptors (Lipinski definition) is 7. The highest BCUT2D eigenvalue weighted by atomic mass is 32.2. The lowest BCUT2D eigenvalue weighted by Crippen LogP contribution is -2.14. The van der Waals surface area contributed by atoms with Crippen molar-refractivity contribution < 1.29 is 4.74 Å². The quantitative estimate of drug-likeness (QED) is 0.624. The topological polar surface area (TPSA) is 86.0 Å². The number of nitrogens with one attached hydrogen (secondary N) is 1. The van der Waals surface area contributed by atoms with E-state index in [2.05, 4.69) is 20.4 Å². The summed E-state index contributed by atoms with van der Waals surface area (Å²) in [6.07, 6.45) is 6.39. The van der Waals surface area contributed by atoms with Gasteiger partial charge >= 0.3 is 6.01 Å². The molecule has 0 amide bonds. The Labute approximate surface area is 111 Å². The van der Waals surface area contributed by atoms with Crippen molar-refractivity contribution in [2.45, 2.75) is 49.4 Å². The number of nitrogens with zero attached hydrogens (tertiary/aromatic N) is 3. The number of thioether (sulfide) groups is 1. The van der Waals surface area contributed by atoms with Gasteiger partial charge in [-0.3, -0.25) is 5.43 Å². The van der Waals surface area contributed by atoms with Crippen LogP contribution >= 0.6 is 11.8 Å². The van der Waals surface area contributed by atoms with Gasteiger partial charge in [0, 0.05) is 5.25 Å². The van der Waals surface area contributed by atoms with Crippen molar-refractivity contribution in [2.75, 3.05) is 12.0 Å². The van der Waals surface area contributed by atoms with Gasteiger partial charge in [-0.2, -0.15) is 15.0 Å². The van der Waals surface area contributed by atoms with Gasteiger partial charge in [0.15, 0.2) is 5.16 Å². The fraction of sp³-hybridized carbons (Fsp3) is 0.727. The predicted molar refractivity (Wildman–Crippen MR) is 71.5 cm³/mol. The number of hydrogen-bond donors (Lipinski definition) is 2. The maximum Gasteiger partial charge on any atom is 0.322 e. The van der Waals surface area contributed by atoms with E-state index in [0.717, 1.165) is 0 Å². The number of ether oxygens (including phenoxy) is 1. The van der Waals surface area contributed by atoms with Crippen LogP contribution in [0.4, 0.5) is 5.95 Å². The SMILES string of the molecule is CCOc1nc(NN)nc(SC2CCCCC2)n1. The fourth-order valence-electron chi connectivity index (χ4n) is 1.98. The molecule has 0 atom stereocenters. The lowest BCUT2D eigenvalue weighted by atomic mass is 10.0. The van der Waals surface area contributed by atoms with E-state index < -0.39 is 0 Å². The van der Waals surface area contributed by atoms with E-state index in [-0.39, 0.29) is 0 Å². The van der Waals surface area contributed by atoms with Gasteiger partial charge in [0.1, 0.15) is 0 Å². The molecule has 100 valence electrons. The summed E-state index contributed by atoms with van der Waals surface area (Å²) in [4.78, 5) is 12.6. The molecule has 0 saturated heterocycles. The van der Waals surface area contributed by atoms with Crippen molar-refractivity contribution in [3.8, 4) is 6.01 Å². The van der Waals surface area contributed by atoms with Crippen molar-refractivity contribution in [3.63, 3.8) is 0 Å². The van der Waals surface area contributed by atoms with Gasteiger partial charge in [-0.25, -0.2) is 5.84 Å². The van der Waals surface area contributed by atoms with E-state index >= 15 is 0 Å². The van der Waals surface area contributed by atoms with Gasteiger partial charge in [-0.05, 0) is 19.8 Å². The summed E-state index contributed by atoms with van der Waals surface area (Å²) in [5.74, 6) is 5.70. The highest BCUT2D eigenvalue weighted by Crippen LogP contribution is 2.32. The maximum atomic E-state index is 5.35. The molecule has 0 spiro atoms. The molecule has 0 aliphatic heterocycles. The summed E-state index contributed by atoms with van der Waals surface area (Å²) in [5.41, 5.74) is 2.45. The normalized spacial score (nSPS) is 16.6. The molecule has 7 heteroatoms. The van der Waals surface area contributed by atoms with E-state index in [0.29, 0.717) is 29.0 Å². The zero-order chi connectivity index (χ0) is 12.8. The second-order valence-electron chi connectivity index (χ2n) is 4.18. The van der Waals surface area contributed by atoms with E-state index in [4.69, 9.17) is 10.6 Å². The van der Waals surface area contributed by atoms with E-state index in [1.807, 2.05) is 6.92 Å². The number of hydrazine groups is 1. The average molecular weight is 269 g/mol. The van der Waals surface area contributed by atoms with Crippen LogP contribution in [0.3, 0.4) is 0 Å². The summed E-state index contributed by atoms with van der Waals surface area (Å²) in [6.45, 7) is 2.43. The third kappa shape index (κ3) is 3.71. The third-order valence-electron chi connectivity index (χ3n) is 2.82. The summed E-state index contributed by atoms with van der Waals surface area (Å²) in [5, 5.41) is 1.29. The van der Waals surface area contributed by atoms with Crippen LogP contribution in [-0.2, 0) is 0 Å². The Kier molecular flexibility index (Phi) is 5.00. The van der Waals surface area contributed by atoms with Crippen LogP contribution in [0.15, 0.2) is 5.16 Å². The van der Waals surface area contributed by atoms with Gasteiger partial charge in [-0.1, -0.05) is 31.0 Å². The summed E-state index contributed by atoms with van der Waals surface area (Å²) >= 11 is 1.70. The van der Waals surface area contributed by atoms with Crippen molar-refractivity contribution >= 4 is 17.7 Å². The van der Waals surface area contributed by atoms with Crippen molar-refractivity contribution in [3.05, 3.63) is 0 Å². The van der Waals surface area contributed by atoms with Crippen molar-refractivity contribution in [2.24, 2.45) is 5.84 Å². The second kappa shape index (κ2) is 6.75. The molecule has 1 aliphatic rings. The lowest BCUT2D eigenvalue weighted by molar-refractivity contribution is 0.308. The number of nitrogens with two attached hydrogens (primary N) is 1. The Morgan fingerprint density at radius 3 is 2.72 bits per heavy atom. The first-order valence-electron chi connectivity index (χ1n) is 6.34. The number of aromatic nitrogens is 3. The molecule has 0 aromatic carbocycles. The molecule has 2 rings (SSSR count). The van der Waals surface area contributed by atoms with E-state index in [1.54, 1.807) is 11.8 Å². The van der Waals surface area contributed by atoms with Crippen LogP contribution in [0.5, 0.6) is 6.01 Å². The molecule has 1 saturated carbocycles. The molecule has 1 fully saturated rings. The zero-order valence-corrected chi connectivity index (χ0v) is 11.4. The largest absolute Gasteiger partial charge is 0.464 e. The smallest absolute Gasteiger partial charge is 0.322 e. The van der Waals surface area contributed by atoms with Crippen LogP contribution in [-0.4, -0.2) is 26.8 Å². The molecule has 18 heavy (non-hydrogen) atoms. The van der Waals surface area contributed by atoms with Gasteiger partial charge in [0.25, 0.3) is 0 Å². The zero-order valence-electron chi connectivity index (χ0n) is 10.6. The first-order chi connectivity index (χ1) is 8.81. The first kappa shape index (κ1) is 13.4. The van der Waals surface area contributed by atoms with Crippen LogP contribution in [0, 0.1) is 0 Å². The standard InChI is InChI=1S/C11H19N5OS/c1-2-17-10-13-9(16-12)14-11(15-10)18-8-6-4-3-5-7-8/h8H,2-7,12H2,1H3,(H,13,14,15,16). The Balaban J connectivity index is 2.07. The van der Waals surface area contributed by atoms with E-state index in [1.165, 1.54) is 32.1 Å². The number of rotatable bonds is 5. The molecule has 0 radical (unpaired) electrons. The average Bonchev–Trinajstić information content (AvgIpc) is 2.40. The van der Waals surface area contributed by atoms with Gasteiger partial charge in [0.2, 0.25) is 5.95 Å². The van der Waals surface area contributed by atoms with Gasteiger partial charge in [0.05, 0.1) is 6.61 Å². The van der Waals surface area contributed by atoms with Gasteiger partial charge in [-0.15, -0.1) is 0 Å². The molecule has 1 aromatic heterocycles. The molecular weight excluding hydrogens is 250 g/mol. The molecule has 1 heterocycles. The minimum atomic E-state index is 0.332.